The number of aryl methyl sites for hydroxylation is 1. The van der Waals surface area contributed by atoms with Crippen molar-refractivity contribution in [1.29, 1.82) is 0 Å². The van der Waals surface area contributed by atoms with E-state index in [0.717, 1.165) is 0 Å². The first-order valence-electron chi connectivity index (χ1n) is 9.50. The maximum Gasteiger partial charge on any atom is 0.273 e. The molecule has 9 heteroatoms. The fourth-order valence-corrected chi connectivity index (χ4v) is 3.44. The van der Waals surface area contributed by atoms with Gasteiger partial charge in [-0.2, -0.15) is 5.10 Å². The van der Waals surface area contributed by atoms with E-state index in [1.54, 1.807) is 69.1 Å². The van der Waals surface area contributed by atoms with Crippen LogP contribution in [0.1, 0.15) is 27.9 Å². The Balaban J connectivity index is 1.80. The highest BCUT2D eigenvalue weighted by Gasteiger charge is 2.25. The lowest BCUT2D eigenvalue weighted by Gasteiger charge is -2.20. The number of aromatic nitrogens is 4. The highest BCUT2D eigenvalue weighted by Crippen LogP contribution is 2.30. The van der Waals surface area contributed by atoms with E-state index in [2.05, 4.69) is 20.5 Å². The summed E-state index contributed by atoms with van der Waals surface area (Å²) in [6, 6.07) is 11.6. The zero-order valence-electron chi connectivity index (χ0n) is 17.2. The van der Waals surface area contributed by atoms with E-state index in [1.165, 1.54) is 0 Å². The second-order valence-corrected chi connectivity index (χ2v) is 6.90. The number of benzene rings is 2. The summed E-state index contributed by atoms with van der Waals surface area (Å²) in [4.78, 5) is 29.8. The predicted molar refractivity (Wildman–Crippen MR) is 114 cm³/mol. The van der Waals surface area contributed by atoms with Crippen LogP contribution in [0.15, 0.2) is 59.7 Å². The Bertz CT molecular complexity index is 1290. The molecule has 4 rings (SSSR count). The summed E-state index contributed by atoms with van der Waals surface area (Å²) in [5.74, 6) is 1.31. The third-order valence-corrected chi connectivity index (χ3v) is 5.01. The lowest BCUT2D eigenvalue weighted by molar-refractivity contribution is 0.0937. The van der Waals surface area contributed by atoms with Gasteiger partial charge in [-0.1, -0.05) is 18.2 Å². The third-order valence-electron chi connectivity index (χ3n) is 5.01. The van der Waals surface area contributed by atoms with Crippen molar-refractivity contribution < 1.29 is 14.3 Å². The van der Waals surface area contributed by atoms with Crippen LogP contribution in [-0.2, 0) is 7.05 Å². The fraction of sp³-hybridized carbons (Fsp3) is 0.182. The number of aromatic amines is 1. The highest BCUT2D eigenvalue weighted by atomic mass is 16.5. The zero-order chi connectivity index (χ0) is 22.0. The second kappa shape index (κ2) is 8.31. The van der Waals surface area contributed by atoms with Crippen molar-refractivity contribution in [2.45, 2.75) is 6.04 Å². The van der Waals surface area contributed by atoms with E-state index in [1.807, 2.05) is 11.6 Å². The monoisotopic (exact) mass is 419 g/mol. The number of nitrogens with zero attached hydrogens (tertiary/aromatic N) is 3. The van der Waals surface area contributed by atoms with Crippen LogP contribution in [0, 0.1) is 0 Å². The second-order valence-electron chi connectivity index (χ2n) is 6.90. The van der Waals surface area contributed by atoms with Crippen molar-refractivity contribution in [2.24, 2.45) is 7.05 Å². The van der Waals surface area contributed by atoms with Gasteiger partial charge in [0.25, 0.3) is 11.5 Å². The van der Waals surface area contributed by atoms with Gasteiger partial charge in [0.15, 0.2) is 5.69 Å². The summed E-state index contributed by atoms with van der Waals surface area (Å²) in [6.45, 7) is 0. The molecule has 0 aliphatic heterocycles. The average Bonchev–Trinajstić information content (AvgIpc) is 3.22. The lowest BCUT2D eigenvalue weighted by atomic mass is 10.0. The molecule has 0 spiro atoms. The van der Waals surface area contributed by atoms with E-state index in [0.29, 0.717) is 33.7 Å². The quantitative estimate of drug-likeness (QED) is 0.496. The summed E-state index contributed by atoms with van der Waals surface area (Å²) >= 11 is 0. The third kappa shape index (κ3) is 3.85. The van der Waals surface area contributed by atoms with E-state index in [9.17, 15) is 9.59 Å². The lowest BCUT2D eigenvalue weighted by Crippen LogP contribution is -2.32. The molecule has 0 bridgehead atoms. The molecule has 31 heavy (non-hydrogen) atoms. The van der Waals surface area contributed by atoms with Crippen LogP contribution in [0.2, 0.25) is 0 Å². The molecule has 1 amide bonds. The Morgan fingerprint density at radius 1 is 1.10 bits per heavy atom. The van der Waals surface area contributed by atoms with Crippen molar-refractivity contribution in [2.75, 3.05) is 14.2 Å². The van der Waals surface area contributed by atoms with Crippen molar-refractivity contribution in [1.82, 2.24) is 25.1 Å². The molecule has 0 aliphatic rings. The van der Waals surface area contributed by atoms with Crippen LogP contribution in [0.5, 0.6) is 11.5 Å². The minimum atomic E-state index is -0.621. The van der Waals surface area contributed by atoms with Crippen molar-refractivity contribution in [3.63, 3.8) is 0 Å². The zero-order valence-corrected chi connectivity index (χ0v) is 17.2. The molecule has 9 nitrogen and oxygen atoms in total. The van der Waals surface area contributed by atoms with Crippen molar-refractivity contribution >= 4 is 16.7 Å². The van der Waals surface area contributed by atoms with E-state index in [-0.39, 0.29) is 11.3 Å². The first kappa shape index (κ1) is 20.1. The van der Waals surface area contributed by atoms with Gasteiger partial charge >= 0.3 is 0 Å². The number of rotatable bonds is 6. The number of ether oxygens (including phenoxy) is 2. The SMILES string of the molecule is COc1cc(OC)cc([C@@H](NC(=O)c2n[nH]c(=O)c3ccccc23)c2nccn2C)c1. The van der Waals surface area contributed by atoms with Crippen molar-refractivity contribution in [3.8, 4) is 11.5 Å². The van der Waals surface area contributed by atoms with Gasteiger partial charge in [-0.05, 0) is 23.8 Å². The Morgan fingerprint density at radius 3 is 2.39 bits per heavy atom. The van der Waals surface area contributed by atoms with E-state index >= 15 is 0 Å². The number of fused-ring (bicyclic) bond motifs is 1. The number of imidazole rings is 1. The molecule has 158 valence electrons. The molecule has 0 saturated heterocycles. The van der Waals surface area contributed by atoms with Gasteiger partial charge in [0.2, 0.25) is 0 Å². The molecular weight excluding hydrogens is 398 g/mol. The number of nitrogens with one attached hydrogen (secondary N) is 2. The summed E-state index contributed by atoms with van der Waals surface area (Å²) < 4.78 is 12.6. The molecule has 4 aromatic rings. The summed E-state index contributed by atoms with van der Waals surface area (Å²) in [5, 5.41) is 10.2. The van der Waals surface area contributed by atoms with Crippen LogP contribution in [0.4, 0.5) is 0 Å². The van der Waals surface area contributed by atoms with Gasteiger partial charge in [0, 0.05) is 30.9 Å². The predicted octanol–water partition coefficient (Wildman–Crippen LogP) is 2.19. The molecule has 2 heterocycles. The number of amides is 1. The first-order valence-corrected chi connectivity index (χ1v) is 9.50. The molecule has 0 saturated carbocycles. The highest BCUT2D eigenvalue weighted by molar-refractivity contribution is 6.04. The summed E-state index contributed by atoms with van der Waals surface area (Å²) in [6.07, 6.45) is 3.44. The van der Waals surface area contributed by atoms with Crippen LogP contribution in [0.25, 0.3) is 10.8 Å². The van der Waals surface area contributed by atoms with Gasteiger partial charge < -0.3 is 19.4 Å². The minimum absolute atomic E-state index is 0.115. The molecule has 0 radical (unpaired) electrons. The molecule has 1 atom stereocenters. The molecule has 0 unspecified atom stereocenters. The summed E-state index contributed by atoms with van der Waals surface area (Å²) in [7, 11) is 4.96. The molecule has 0 aliphatic carbocycles. The standard InChI is InChI=1S/C22H21N5O4/c1-27-9-8-23-20(27)18(13-10-14(30-2)12-15(11-13)31-3)24-22(29)19-16-6-4-5-7-17(16)21(28)26-25-19/h4-12,18H,1-3H3,(H,24,29)(H,26,28)/t18-/m1/s1. The van der Waals surface area contributed by atoms with Crippen LogP contribution in [0.3, 0.4) is 0 Å². The van der Waals surface area contributed by atoms with E-state index in [4.69, 9.17) is 9.47 Å². The molecule has 0 fully saturated rings. The smallest absolute Gasteiger partial charge is 0.273 e. The van der Waals surface area contributed by atoms with E-state index < -0.39 is 11.9 Å². The van der Waals surface area contributed by atoms with Gasteiger partial charge in [-0.25, -0.2) is 10.1 Å². The molecule has 2 aromatic carbocycles. The largest absolute Gasteiger partial charge is 0.497 e. The summed E-state index contributed by atoms with van der Waals surface area (Å²) in [5.41, 5.74) is 0.474. The molecular formula is C22H21N5O4. The Morgan fingerprint density at radius 2 is 1.77 bits per heavy atom. The number of H-pyrrole nitrogens is 1. The first-order chi connectivity index (χ1) is 15.0. The number of hydrogen-bond donors (Lipinski definition) is 2. The number of carbonyl (C=O) groups excluding carboxylic acids is 1. The Hall–Kier alpha value is -4.14. The van der Waals surface area contributed by atoms with Gasteiger partial charge in [0.05, 0.1) is 19.6 Å². The minimum Gasteiger partial charge on any atom is -0.497 e. The van der Waals surface area contributed by atoms with Gasteiger partial charge in [-0.3, -0.25) is 9.59 Å². The number of carbonyl (C=O) groups is 1. The maximum absolute atomic E-state index is 13.3. The Kier molecular flexibility index (Phi) is 5.40. The average molecular weight is 419 g/mol. The molecule has 2 aromatic heterocycles. The normalized spacial score (nSPS) is 11.8. The number of methoxy groups -OCH3 is 2. The van der Waals surface area contributed by atoms with Crippen LogP contribution < -0.4 is 20.3 Å². The topological polar surface area (TPSA) is 111 Å². The van der Waals surface area contributed by atoms with Crippen LogP contribution >= 0.6 is 0 Å². The van der Waals surface area contributed by atoms with Crippen molar-refractivity contribution in [3.05, 3.63) is 82.3 Å². The molecule has 2 N–H and O–H groups in total. The Labute approximate surface area is 177 Å². The fourth-order valence-electron chi connectivity index (χ4n) is 3.44. The number of hydrogen-bond acceptors (Lipinski definition) is 6. The maximum atomic E-state index is 13.3. The van der Waals surface area contributed by atoms with Gasteiger partial charge in [-0.15, -0.1) is 0 Å². The van der Waals surface area contributed by atoms with Gasteiger partial charge in [0.1, 0.15) is 23.4 Å². The van der Waals surface area contributed by atoms with Crippen LogP contribution in [-0.4, -0.2) is 39.9 Å².